The van der Waals surface area contributed by atoms with Gasteiger partial charge in [0.05, 0.1) is 11.8 Å². The van der Waals surface area contributed by atoms with Crippen molar-refractivity contribution in [2.75, 3.05) is 0 Å². The summed E-state index contributed by atoms with van der Waals surface area (Å²) in [6.45, 7) is 2.59. The molecule has 1 aromatic carbocycles. The molecule has 18 heavy (non-hydrogen) atoms. The summed E-state index contributed by atoms with van der Waals surface area (Å²) >= 11 is 3.26. The van der Waals surface area contributed by atoms with E-state index in [-0.39, 0.29) is 0 Å². The largest absolute Gasteiger partial charge is 0.416 e. The molecular formula is C12H10BrF3N2. The lowest BCUT2D eigenvalue weighted by molar-refractivity contribution is -0.137. The van der Waals surface area contributed by atoms with E-state index in [1.165, 1.54) is 6.07 Å². The molecule has 0 N–H and O–H groups in total. The molecular weight excluding hydrogens is 309 g/mol. The molecule has 1 heterocycles. The number of hydrogen-bond donors (Lipinski definition) is 0. The third-order valence-electron chi connectivity index (χ3n) is 2.56. The maximum atomic E-state index is 12.7. The maximum Gasteiger partial charge on any atom is 0.416 e. The Morgan fingerprint density at radius 3 is 2.61 bits per heavy atom. The van der Waals surface area contributed by atoms with Gasteiger partial charge in [-0.2, -0.15) is 18.3 Å². The fraction of sp³-hybridized carbons (Fsp3) is 0.250. The van der Waals surface area contributed by atoms with Gasteiger partial charge in [0.1, 0.15) is 0 Å². The Morgan fingerprint density at radius 2 is 2.06 bits per heavy atom. The van der Waals surface area contributed by atoms with E-state index in [4.69, 9.17) is 0 Å². The molecule has 0 radical (unpaired) electrons. The van der Waals surface area contributed by atoms with Gasteiger partial charge in [0.15, 0.2) is 0 Å². The lowest BCUT2D eigenvalue weighted by Gasteiger charge is -2.09. The first-order chi connectivity index (χ1) is 8.41. The van der Waals surface area contributed by atoms with Crippen molar-refractivity contribution in [2.45, 2.75) is 19.6 Å². The van der Waals surface area contributed by atoms with Crippen LogP contribution < -0.4 is 0 Å². The highest BCUT2D eigenvalue weighted by Crippen LogP contribution is 2.35. The molecule has 0 spiro atoms. The van der Waals surface area contributed by atoms with Crippen LogP contribution in [0.5, 0.6) is 0 Å². The lowest BCUT2D eigenvalue weighted by atomic mass is 10.1. The summed E-state index contributed by atoms with van der Waals surface area (Å²) < 4.78 is 40.2. The lowest BCUT2D eigenvalue weighted by Crippen LogP contribution is -2.04. The standard InChI is InChI=1S/C12H10BrF3N2/c1-2-18-7-8(6-17-18)10-5-9(12(14,15)16)3-4-11(10)13/h3-7H,2H2,1H3. The molecule has 0 aliphatic heterocycles. The van der Waals surface area contributed by atoms with Crippen LogP contribution in [0.1, 0.15) is 12.5 Å². The van der Waals surface area contributed by atoms with Crippen LogP contribution in [-0.2, 0) is 12.7 Å². The summed E-state index contributed by atoms with van der Waals surface area (Å²) in [5.41, 5.74) is 0.490. The molecule has 0 fully saturated rings. The van der Waals surface area contributed by atoms with E-state index in [9.17, 15) is 13.2 Å². The monoisotopic (exact) mass is 318 g/mol. The third kappa shape index (κ3) is 2.58. The second-order valence-corrected chi connectivity index (χ2v) is 4.63. The van der Waals surface area contributed by atoms with Crippen molar-refractivity contribution >= 4 is 15.9 Å². The van der Waals surface area contributed by atoms with Crippen molar-refractivity contribution in [1.29, 1.82) is 0 Å². The summed E-state index contributed by atoms with van der Waals surface area (Å²) in [4.78, 5) is 0. The van der Waals surface area contributed by atoms with Crippen LogP contribution in [0.3, 0.4) is 0 Å². The molecule has 2 nitrogen and oxygen atoms in total. The molecule has 0 saturated heterocycles. The van der Waals surface area contributed by atoms with E-state index in [1.54, 1.807) is 17.1 Å². The zero-order chi connectivity index (χ0) is 13.3. The van der Waals surface area contributed by atoms with Crippen molar-refractivity contribution in [3.8, 4) is 11.1 Å². The molecule has 0 amide bonds. The minimum absolute atomic E-state index is 0.490. The molecule has 0 bridgehead atoms. The molecule has 6 heteroatoms. The normalized spacial score (nSPS) is 11.8. The fourth-order valence-electron chi connectivity index (χ4n) is 1.60. The van der Waals surface area contributed by atoms with Gasteiger partial charge in [-0.25, -0.2) is 0 Å². The molecule has 2 rings (SSSR count). The highest BCUT2D eigenvalue weighted by Gasteiger charge is 2.31. The van der Waals surface area contributed by atoms with Crippen molar-refractivity contribution in [2.24, 2.45) is 0 Å². The second-order valence-electron chi connectivity index (χ2n) is 3.78. The van der Waals surface area contributed by atoms with E-state index in [2.05, 4.69) is 21.0 Å². The van der Waals surface area contributed by atoms with E-state index >= 15 is 0 Å². The van der Waals surface area contributed by atoms with Crippen LogP contribution in [0.4, 0.5) is 13.2 Å². The number of rotatable bonds is 2. The van der Waals surface area contributed by atoms with Crippen LogP contribution >= 0.6 is 15.9 Å². The first-order valence-corrected chi connectivity index (χ1v) is 6.10. The first-order valence-electron chi connectivity index (χ1n) is 5.31. The summed E-state index contributed by atoms with van der Waals surface area (Å²) in [6, 6.07) is 3.58. The summed E-state index contributed by atoms with van der Waals surface area (Å²) in [7, 11) is 0. The third-order valence-corrected chi connectivity index (χ3v) is 3.25. The molecule has 0 atom stereocenters. The predicted octanol–water partition coefficient (Wildman–Crippen LogP) is 4.35. The average molecular weight is 319 g/mol. The topological polar surface area (TPSA) is 17.8 Å². The number of aryl methyl sites for hydroxylation is 1. The van der Waals surface area contributed by atoms with Gasteiger partial charge in [0.25, 0.3) is 0 Å². The molecule has 0 saturated carbocycles. The SMILES string of the molecule is CCn1cc(-c2cc(C(F)(F)F)ccc2Br)cn1. The van der Waals surface area contributed by atoms with Crippen molar-refractivity contribution in [1.82, 2.24) is 9.78 Å². The summed E-state index contributed by atoms with van der Waals surface area (Å²) in [5, 5.41) is 4.06. The van der Waals surface area contributed by atoms with Crippen LogP contribution in [0.2, 0.25) is 0 Å². The number of nitrogens with zero attached hydrogens (tertiary/aromatic N) is 2. The van der Waals surface area contributed by atoms with Crippen molar-refractivity contribution < 1.29 is 13.2 Å². The zero-order valence-electron chi connectivity index (χ0n) is 9.50. The second kappa shape index (κ2) is 4.76. The zero-order valence-corrected chi connectivity index (χ0v) is 11.1. The molecule has 0 aliphatic carbocycles. The Balaban J connectivity index is 2.49. The molecule has 96 valence electrons. The fourth-order valence-corrected chi connectivity index (χ4v) is 2.07. The number of hydrogen-bond acceptors (Lipinski definition) is 1. The van der Waals surface area contributed by atoms with Crippen LogP contribution in [-0.4, -0.2) is 9.78 Å². The van der Waals surface area contributed by atoms with E-state index in [0.717, 1.165) is 12.1 Å². The van der Waals surface area contributed by atoms with E-state index in [0.29, 0.717) is 22.1 Å². The summed E-state index contributed by atoms with van der Waals surface area (Å²) in [5.74, 6) is 0. The molecule has 1 aromatic heterocycles. The van der Waals surface area contributed by atoms with Crippen LogP contribution in [0.15, 0.2) is 35.1 Å². The molecule has 0 aliphatic rings. The number of halogens is 4. The maximum absolute atomic E-state index is 12.7. The Labute approximate surface area is 111 Å². The van der Waals surface area contributed by atoms with Gasteiger partial charge in [-0.1, -0.05) is 15.9 Å². The van der Waals surface area contributed by atoms with Gasteiger partial charge in [0.2, 0.25) is 0 Å². The van der Waals surface area contributed by atoms with Crippen LogP contribution in [0.25, 0.3) is 11.1 Å². The van der Waals surface area contributed by atoms with Crippen molar-refractivity contribution in [3.05, 3.63) is 40.6 Å². The summed E-state index contributed by atoms with van der Waals surface area (Å²) in [6.07, 6.45) is -1.06. The number of benzene rings is 1. The number of aromatic nitrogens is 2. The Kier molecular flexibility index (Phi) is 3.47. The smallest absolute Gasteiger partial charge is 0.272 e. The highest BCUT2D eigenvalue weighted by atomic mass is 79.9. The number of alkyl halides is 3. The van der Waals surface area contributed by atoms with E-state index in [1.807, 2.05) is 6.92 Å². The van der Waals surface area contributed by atoms with Gasteiger partial charge < -0.3 is 0 Å². The van der Waals surface area contributed by atoms with Gasteiger partial charge in [-0.3, -0.25) is 4.68 Å². The predicted molar refractivity (Wildman–Crippen MR) is 66.0 cm³/mol. The molecule has 2 aromatic rings. The Hall–Kier alpha value is -1.30. The van der Waals surface area contributed by atoms with Crippen molar-refractivity contribution in [3.63, 3.8) is 0 Å². The quantitative estimate of drug-likeness (QED) is 0.804. The first kappa shape index (κ1) is 13.1. The van der Waals surface area contributed by atoms with Crippen LogP contribution in [0, 0.1) is 0 Å². The Morgan fingerprint density at radius 1 is 1.33 bits per heavy atom. The van der Waals surface area contributed by atoms with Gasteiger partial charge in [-0.05, 0) is 30.7 Å². The molecule has 0 unspecified atom stereocenters. The van der Waals surface area contributed by atoms with E-state index < -0.39 is 11.7 Å². The minimum Gasteiger partial charge on any atom is -0.272 e. The van der Waals surface area contributed by atoms with Gasteiger partial charge in [-0.15, -0.1) is 0 Å². The average Bonchev–Trinajstić information content (AvgIpc) is 2.76. The highest BCUT2D eigenvalue weighted by molar-refractivity contribution is 9.10. The van der Waals surface area contributed by atoms with Gasteiger partial charge >= 0.3 is 6.18 Å². The van der Waals surface area contributed by atoms with Gasteiger partial charge in [0, 0.05) is 22.8 Å². The minimum atomic E-state index is -4.34. The Bertz CT molecular complexity index is 561.